The van der Waals surface area contributed by atoms with Crippen LogP contribution in [0.15, 0.2) is 0 Å². The first-order chi connectivity index (χ1) is 7.91. The Morgan fingerprint density at radius 3 is 2.47 bits per heavy atom. The van der Waals surface area contributed by atoms with Crippen LogP contribution in [0.4, 0.5) is 0 Å². The third kappa shape index (κ3) is 5.39. The molecule has 0 aliphatic heterocycles. The zero-order valence-electron chi connectivity index (χ0n) is 12.1. The highest BCUT2D eigenvalue weighted by molar-refractivity contribution is 4.88. The minimum Gasteiger partial charge on any atom is -0.393 e. The van der Waals surface area contributed by atoms with Crippen molar-refractivity contribution in [2.75, 3.05) is 6.54 Å². The Morgan fingerprint density at radius 1 is 1.24 bits per heavy atom. The van der Waals surface area contributed by atoms with Gasteiger partial charge in [0.1, 0.15) is 0 Å². The molecule has 0 aromatic heterocycles. The second kappa shape index (κ2) is 6.75. The van der Waals surface area contributed by atoms with E-state index in [1.54, 1.807) is 0 Å². The van der Waals surface area contributed by atoms with Gasteiger partial charge in [0.2, 0.25) is 0 Å². The number of hydrogen-bond acceptors (Lipinski definition) is 2. The molecule has 0 amide bonds. The lowest BCUT2D eigenvalue weighted by Crippen LogP contribution is -2.44. The van der Waals surface area contributed by atoms with Crippen LogP contribution in [0.25, 0.3) is 0 Å². The Labute approximate surface area is 107 Å². The molecular formula is C15H31NO. The molecule has 1 saturated carbocycles. The van der Waals surface area contributed by atoms with E-state index < -0.39 is 0 Å². The van der Waals surface area contributed by atoms with Gasteiger partial charge in [-0.15, -0.1) is 0 Å². The largest absolute Gasteiger partial charge is 0.393 e. The Morgan fingerprint density at radius 2 is 1.88 bits per heavy atom. The van der Waals surface area contributed by atoms with Crippen LogP contribution in [-0.2, 0) is 0 Å². The number of rotatable bonds is 5. The molecule has 3 unspecified atom stereocenters. The molecule has 2 heteroatoms. The summed E-state index contributed by atoms with van der Waals surface area (Å²) in [4.78, 5) is 0. The number of nitrogens with one attached hydrogen (secondary N) is 1. The summed E-state index contributed by atoms with van der Waals surface area (Å²) in [5.74, 6) is 0.808. The lowest BCUT2D eigenvalue weighted by atomic mass is 9.69. The highest BCUT2D eigenvalue weighted by Gasteiger charge is 2.33. The second-order valence-corrected chi connectivity index (χ2v) is 6.81. The van der Waals surface area contributed by atoms with E-state index in [2.05, 4.69) is 26.1 Å². The van der Waals surface area contributed by atoms with Crippen molar-refractivity contribution in [3.8, 4) is 0 Å². The van der Waals surface area contributed by atoms with E-state index in [4.69, 9.17) is 0 Å². The summed E-state index contributed by atoms with van der Waals surface area (Å²) < 4.78 is 0. The van der Waals surface area contributed by atoms with E-state index in [1.807, 2.05) is 6.92 Å². The predicted octanol–water partition coefficient (Wildman–Crippen LogP) is 3.34. The van der Waals surface area contributed by atoms with Crippen LogP contribution in [0.5, 0.6) is 0 Å². The molecule has 0 aromatic carbocycles. The minimum absolute atomic E-state index is 0.151. The van der Waals surface area contributed by atoms with E-state index >= 15 is 0 Å². The van der Waals surface area contributed by atoms with Crippen LogP contribution < -0.4 is 5.32 Å². The minimum atomic E-state index is -0.151. The maximum Gasteiger partial charge on any atom is 0.0512 e. The van der Waals surface area contributed by atoms with Gasteiger partial charge in [-0.25, -0.2) is 0 Å². The van der Waals surface area contributed by atoms with Crippen LogP contribution >= 0.6 is 0 Å². The topological polar surface area (TPSA) is 32.3 Å². The molecule has 1 aliphatic rings. The quantitative estimate of drug-likeness (QED) is 0.724. The zero-order valence-corrected chi connectivity index (χ0v) is 12.1. The second-order valence-electron chi connectivity index (χ2n) is 6.81. The molecule has 2 N–H and O–H groups in total. The lowest BCUT2D eigenvalue weighted by Gasteiger charge is -2.41. The summed E-state index contributed by atoms with van der Waals surface area (Å²) in [7, 11) is 0. The molecule has 3 atom stereocenters. The van der Waals surface area contributed by atoms with Gasteiger partial charge >= 0.3 is 0 Å². The fraction of sp³-hybridized carbons (Fsp3) is 1.00. The van der Waals surface area contributed by atoms with E-state index in [9.17, 15) is 5.11 Å². The van der Waals surface area contributed by atoms with Crippen LogP contribution in [0.1, 0.15) is 66.2 Å². The van der Waals surface area contributed by atoms with E-state index in [1.165, 1.54) is 25.7 Å². The summed E-state index contributed by atoms with van der Waals surface area (Å²) in [6, 6.07) is 0.692. The van der Waals surface area contributed by atoms with Crippen molar-refractivity contribution in [1.29, 1.82) is 0 Å². The monoisotopic (exact) mass is 241 g/mol. The molecule has 1 fully saturated rings. The SMILES string of the molecule is CC(O)CCCNC1CCCCC1C(C)(C)C. The van der Waals surface area contributed by atoms with E-state index in [0.717, 1.165) is 25.3 Å². The maximum absolute atomic E-state index is 9.24. The van der Waals surface area contributed by atoms with E-state index in [0.29, 0.717) is 11.5 Å². The van der Waals surface area contributed by atoms with Gasteiger partial charge in [0.25, 0.3) is 0 Å². The van der Waals surface area contributed by atoms with Crippen LogP contribution in [0, 0.1) is 11.3 Å². The summed E-state index contributed by atoms with van der Waals surface area (Å²) >= 11 is 0. The van der Waals surface area contributed by atoms with Gasteiger partial charge in [-0.1, -0.05) is 33.6 Å². The van der Waals surface area contributed by atoms with Crippen molar-refractivity contribution >= 4 is 0 Å². The highest BCUT2D eigenvalue weighted by atomic mass is 16.3. The van der Waals surface area contributed by atoms with Crippen molar-refractivity contribution in [3.63, 3.8) is 0 Å². The van der Waals surface area contributed by atoms with Gasteiger partial charge < -0.3 is 10.4 Å². The molecule has 1 rings (SSSR count). The first-order valence-electron chi connectivity index (χ1n) is 7.32. The van der Waals surface area contributed by atoms with Crippen molar-refractivity contribution in [3.05, 3.63) is 0 Å². The van der Waals surface area contributed by atoms with Crippen molar-refractivity contribution in [2.45, 2.75) is 78.4 Å². The van der Waals surface area contributed by atoms with Gasteiger partial charge in [0, 0.05) is 6.04 Å². The fourth-order valence-electron chi connectivity index (χ4n) is 3.10. The highest BCUT2D eigenvalue weighted by Crippen LogP contribution is 2.37. The van der Waals surface area contributed by atoms with Gasteiger partial charge in [-0.3, -0.25) is 0 Å². The number of hydrogen-bond donors (Lipinski definition) is 2. The van der Waals surface area contributed by atoms with Crippen LogP contribution in [0.2, 0.25) is 0 Å². The summed E-state index contributed by atoms with van der Waals surface area (Å²) in [5.41, 5.74) is 0.419. The van der Waals surface area contributed by atoms with Crippen molar-refractivity contribution < 1.29 is 5.11 Å². The summed E-state index contributed by atoms with van der Waals surface area (Å²) in [6.45, 7) is 10.0. The maximum atomic E-state index is 9.24. The van der Waals surface area contributed by atoms with Crippen molar-refractivity contribution in [2.24, 2.45) is 11.3 Å². The van der Waals surface area contributed by atoms with Gasteiger partial charge in [-0.2, -0.15) is 0 Å². The third-order valence-corrected chi connectivity index (χ3v) is 4.08. The Balaban J connectivity index is 2.33. The van der Waals surface area contributed by atoms with Crippen LogP contribution in [-0.4, -0.2) is 23.8 Å². The average molecular weight is 241 g/mol. The smallest absolute Gasteiger partial charge is 0.0512 e. The molecule has 0 heterocycles. The van der Waals surface area contributed by atoms with Crippen molar-refractivity contribution in [1.82, 2.24) is 5.32 Å². The Hall–Kier alpha value is -0.0800. The molecule has 0 radical (unpaired) electrons. The number of aliphatic hydroxyl groups is 1. The Kier molecular flexibility index (Phi) is 5.94. The molecule has 102 valence electrons. The number of aliphatic hydroxyl groups excluding tert-OH is 1. The molecule has 0 spiro atoms. The fourth-order valence-corrected chi connectivity index (χ4v) is 3.10. The molecular weight excluding hydrogens is 210 g/mol. The van der Waals surface area contributed by atoms with Gasteiger partial charge in [0.15, 0.2) is 0 Å². The predicted molar refractivity (Wildman–Crippen MR) is 74.1 cm³/mol. The summed E-state index contributed by atoms with van der Waals surface area (Å²) in [5, 5.41) is 13.0. The normalized spacial score (nSPS) is 28.1. The average Bonchev–Trinajstić information content (AvgIpc) is 2.23. The zero-order chi connectivity index (χ0) is 12.9. The molecule has 0 saturated heterocycles. The van der Waals surface area contributed by atoms with Gasteiger partial charge in [0.05, 0.1) is 6.10 Å². The molecule has 1 aliphatic carbocycles. The Bertz CT molecular complexity index is 207. The third-order valence-electron chi connectivity index (χ3n) is 4.08. The molecule has 0 aromatic rings. The standard InChI is InChI=1S/C15H31NO/c1-12(17)8-7-11-16-14-10-6-5-9-13(14)15(2,3)4/h12-14,16-17H,5-11H2,1-4H3. The molecule has 0 bridgehead atoms. The van der Waals surface area contributed by atoms with E-state index in [-0.39, 0.29) is 6.10 Å². The first kappa shape index (κ1) is 15.0. The summed E-state index contributed by atoms with van der Waals surface area (Å²) in [6.07, 6.45) is 7.33. The van der Waals surface area contributed by atoms with Crippen LogP contribution in [0.3, 0.4) is 0 Å². The van der Waals surface area contributed by atoms with Gasteiger partial charge in [-0.05, 0) is 50.5 Å². The lowest BCUT2D eigenvalue weighted by molar-refractivity contribution is 0.128. The molecule has 17 heavy (non-hydrogen) atoms. The first-order valence-corrected chi connectivity index (χ1v) is 7.32. The molecule has 2 nitrogen and oxygen atoms in total.